The van der Waals surface area contributed by atoms with Gasteiger partial charge in [0.1, 0.15) is 5.82 Å². The fraction of sp³-hybridized carbons (Fsp3) is 0.625. The van der Waals surface area contributed by atoms with Crippen LogP contribution < -0.4 is 5.32 Å². The van der Waals surface area contributed by atoms with Crippen molar-refractivity contribution in [2.24, 2.45) is 0 Å². The van der Waals surface area contributed by atoms with Crippen LogP contribution in [0.15, 0.2) is 24.3 Å². The van der Waals surface area contributed by atoms with Crippen LogP contribution in [0.1, 0.15) is 52.0 Å². The van der Waals surface area contributed by atoms with Crippen molar-refractivity contribution < 1.29 is 4.39 Å². The fourth-order valence-corrected chi connectivity index (χ4v) is 2.32. The predicted molar refractivity (Wildman–Crippen MR) is 76.3 cm³/mol. The lowest BCUT2D eigenvalue weighted by Gasteiger charge is -2.20. The molecule has 1 N–H and O–H groups in total. The molecular weight excluding hydrogens is 225 g/mol. The molecule has 0 saturated carbocycles. The van der Waals surface area contributed by atoms with E-state index in [0.29, 0.717) is 12.1 Å². The molecule has 0 aromatic heterocycles. The van der Waals surface area contributed by atoms with E-state index in [0.717, 1.165) is 12.0 Å². The van der Waals surface area contributed by atoms with Crippen LogP contribution in [0.5, 0.6) is 0 Å². The minimum absolute atomic E-state index is 0.0928. The maximum absolute atomic E-state index is 13.5. The zero-order valence-corrected chi connectivity index (χ0v) is 11.9. The molecule has 0 saturated heterocycles. The van der Waals surface area contributed by atoms with Crippen LogP contribution in [0.3, 0.4) is 0 Å². The number of hydrogen-bond acceptors (Lipinski definition) is 1. The lowest BCUT2D eigenvalue weighted by atomic mass is 10.0. The first-order valence-corrected chi connectivity index (χ1v) is 7.13. The summed E-state index contributed by atoms with van der Waals surface area (Å²) in [6.45, 7) is 6.56. The summed E-state index contributed by atoms with van der Waals surface area (Å²) in [7, 11) is 0. The molecule has 0 heterocycles. The van der Waals surface area contributed by atoms with Crippen LogP contribution in [-0.2, 0) is 6.42 Å². The van der Waals surface area contributed by atoms with Gasteiger partial charge in [0.15, 0.2) is 0 Å². The van der Waals surface area contributed by atoms with Crippen molar-refractivity contribution in [2.75, 3.05) is 0 Å². The lowest BCUT2D eigenvalue weighted by molar-refractivity contribution is 0.426. The summed E-state index contributed by atoms with van der Waals surface area (Å²) in [5.41, 5.74) is 0.804. The molecule has 18 heavy (non-hydrogen) atoms. The second-order valence-electron chi connectivity index (χ2n) is 5.26. The first-order valence-electron chi connectivity index (χ1n) is 7.13. The Balaban J connectivity index is 2.33. The summed E-state index contributed by atoms with van der Waals surface area (Å²) in [6, 6.07) is 7.87. The summed E-state index contributed by atoms with van der Waals surface area (Å²) < 4.78 is 13.5. The van der Waals surface area contributed by atoms with Crippen LogP contribution in [0.4, 0.5) is 4.39 Å². The van der Waals surface area contributed by atoms with E-state index in [1.165, 1.54) is 31.7 Å². The second-order valence-corrected chi connectivity index (χ2v) is 5.26. The van der Waals surface area contributed by atoms with E-state index in [9.17, 15) is 4.39 Å². The van der Waals surface area contributed by atoms with Crippen molar-refractivity contribution in [2.45, 2.75) is 65.0 Å². The quantitative estimate of drug-likeness (QED) is 0.679. The number of unbranched alkanes of at least 4 members (excludes halogenated alkanes) is 2. The van der Waals surface area contributed by atoms with E-state index < -0.39 is 0 Å². The molecule has 0 radical (unpaired) electrons. The van der Waals surface area contributed by atoms with Crippen molar-refractivity contribution in [3.05, 3.63) is 35.6 Å². The molecule has 0 aliphatic carbocycles. The molecule has 2 unspecified atom stereocenters. The van der Waals surface area contributed by atoms with Crippen molar-refractivity contribution in [1.82, 2.24) is 5.32 Å². The minimum Gasteiger partial charge on any atom is -0.311 e. The largest absolute Gasteiger partial charge is 0.311 e. The Hall–Kier alpha value is -0.890. The zero-order valence-electron chi connectivity index (χ0n) is 11.9. The standard InChI is InChI=1S/C16H26FN/c1-4-5-6-9-13(2)18-14(3)12-15-10-7-8-11-16(15)17/h7-8,10-11,13-14,18H,4-6,9,12H2,1-3H3. The van der Waals surface area contributed by atoms with E-state index in [1.54, 1.807) is 6.07 Å². The number of halogens is 1. The third-order valence-corrected chi connectivity index (χ3v) is 3.29. The van der Waals surface area contributed by atoms with E-state index in [2.05, 4.69) is 26.1 Å². The molecule has 2 atom stereocenters. The van der Waals surface area contributed by atoms with Gasteiger partial charge in [-0.2, -0.15) is 0 Å². The minimum atomic E-state index is -0.0928. The molecule has 1 aromatic carbocycles. The Morgan fingerprint density at radius 2 is 1.83 bits per heavy atom. The van der Waals surface area contributed by atoms with Crippen LogP contribution in [0, 0.1) is 5.82 Å². The van der Waals surface area contributed by atoms with Gasteiger partial charge in [-0.15, -0.1) is 0 Å². The third-order valence-electron chi connectivity index (χ3n) is 3.29. The molecule has 0 amide bonds. The van der Waals surface area contributed by atoms with Gasteiger partial charge in [-0.05, 0) is 38.3 Å². The highest BCUT2D eigenvalue weighted by molar-refractivity contribution is 5.18. The summed E-state index contributed by atoms with van der Waals surface area (Å²) in [5.74, 6) is -0.0928. The van der Waals surface area contributed by atoms with Gasteiger partial charge in [0.25, 0.3) is 0 Å². The van der Waals surface area contributed by atoms with Gasteiger partial charge in [-0.1, -0.05) is 44.4 Å². The lowest BCUT2D eigenvalue weighted by Crippen LogP contribution is -2.36. The van der Waals surface area contributed by atoms with E-state index in [4.69, 9.17) is 0 Å². The van der Waals surface area contributed by atoms with Gasteiger partial charge in [0, 0.05) is 12.1 Å². The van der Waals surface area contributed by atoms with Crippen molar-refractivity contribution >= 4 is 0 Å². The van der Waals surface area contributed by atoms with Gasteiger partial charge < -0.3 is 5.32 Å². The first kappa shape index (κ1) is 15.2. The maximum atomic E-state index is 13.5. The van der Waals surface area contributed by atoms with Crippen LogP contribution in [0.25, 0.3) is 0 Å². The van der Waals surface area contributed by atoms with Gasteiger partial charge in [-0.3, -0.25) is 0 Å². The molecule has 0 spiro atoms. The first-order chi connectivity index (χ1) is 8.63. The highest BCUT2D eigenvalue weighted by Gasteiger charge is 2.10. The summed E-state index contributed by atoms with van der Waals surface area (Å²) in [4.78, 5) is 0. The number of benzene rings is 1. The highest BCUT2D eigenvalue weighted by atomic mass is 19.1. The van der Waals surface area contributed by atoms with Gasteiger partial charge in [-0.25, -0.2) is 4.39 Å². The molecule has 0 fully saturated rings. The Labute approximate surface area is 111 Å². The molecule has 102 valence electrons. The zero-order chi connectivity index (χ0) is 13.4. The summed E-state index contributed by atoms with van der Waals surface area (Å²) in [5, 5.41) is 3.55. The number of hydrogen-bond donors (Lipinski definition) is 1. The Kier molecular flexibility index (Phi) is 6.96. The molecule has 0 aliphatic heterocycles. The number of nitrogens with one attached hydrogen (secondary N) is 1. The van der Waals surface area contributed by atoms with Gasteiger partial charge >= 0.3 is 0 Å². The van der Waals surface area contributed by atoms with Gasteiger partial charge in [0.05, 0.1) is 0 Å². The molecule has 0 aliphatic rings. The summed E-state index contributed by atoms with van der Waals surface area (Å²) in [6.07, 6.45) is 5.79. The molecule has 1 nitrogen and oxygen atoms in total. The van der Waals surface area contributed by atoms with E-state index in [1.807, 2.05) is 12.1 Å². The van der Waals surface area contributed by atoms with E-state index in [-0.39, 0.29) is 5.82 Å². The van der Waals surface area contributed by atoms with Crippen LogP contribution in [0.2, 0.25) is 0 Å². The van der Waals surface area contributed by atoms with Gasteiger partial charge in [0.2, 0.25) is 0 Å². The molecule has 1 aromatic rings. The van der Waals surface area contributed by atoms with Crippen LogP contribution >= 0.6 is 0 Å². The maximum Gasteiger partial charge on any atom is 0.126 e. The average molecular weight is 251 g/mol. The van der Waals surface area contributed by atoms with Crippen molar-refractivity contribution in [3.63, 3.8) is 0 Å². The normalized spacial score (nSPS) is 14.4. The molecular formula is C16H26FN. The smallest absolute Gasteiger partial charge is 0.126 e. The SMILES string of the molecule is CCCCCC(C)NC(C)Cc1ccccc1F. The van der Waals surface area contributed by atoms with Crippen molar-refractivity contribution in [1.29, 1.82) is 0 Å². The monoisotopic (exact) mass is 251 g/mol. The highest BCUT2D eigenvalue weighted by Crippen LogP contribution is 2.10. The molecule has 1 rings (SSSR count). The third kappa shape index (κ3) is 5.63. The summed E-state index contributed by atoms with van der Waals surface area (Å²) >= 11 is 0. The number of rotatable bonds is 8. The predicted octanol–water partition coefficient (Wildman–Crippen LogP) is 4.32. The molecule has 2 heteroatoms. The molecule has 0 bridgehead atoms. The fourth-order valence-electron chi connectivity index (χ4n) is 2.32. The van der Waals surface area contributed by atoms with Crippen LogP contribution in [-0.4, -0.2) is 12.1 Å². The Morgan fingerprint density at radius 3 is 2.50 bits per heavy atom. The second kappa shape index (κ2) is 8.25. The van der Waals surface area contributed by atoms with Crippen molar-refractivity contribution in [3.8, 4) is 0 Å². The Bertz CT molecular complexity index is 338. The van der Waals surface area contributed by atoms with E-state index >= 15 is 0 Å². The Morgan fingerprint density at radius 1 is 1.11 bits per heavy atom. The topological polar surface area (TPSA) is 12.0 Å². The average Bonchev–Trinajstić information content (AvgIpc) is 2.32.